The van der Waals surface area contributed by atoms with E-state index < -0.39 is 11.7 Å². The summed E-state index contributed by atoms with van der Waals surface area (Å²) in [7, 11) is 0. The maximum absolute atomic E-state index is 13.8. The Kier molecular flexibility index (Phi) is 4.69. The van der Waals surface area contributed by atoms with Crippen LogP contribution >= 0.6 is 0 Å². The maximum Gasteiger partial charge on any atom is 0.277 e. The van der Waals surface area contributed by atoms with Gasteiger partial charge in [0.15, 0.2) is 5.69 Å². The van der Waals surface area contributed by atoms with Gasteiger partial charge in [-0.05, 0) is 25.1 Å². The number of nitrogens with zero attached hydrogens (tertiary/aromatic N) is 1. The summed E-state index contributed by atoms with van der Waals surface area (Å²) in [5, 5.41) is 14.7. The minimum Gasteiger partial charge on any atom is -0.395 e. The second-order valence-electron chi connectivity index (χ2n) is 4.25. The molecule has 1 aromatic carbocycles. The van der Waals surface area contributed by atoms with Crippen molar-refractivity contribution >= 4 is 11.6 Å². The molecular weight excluding hydrogens is 275 g/mol. The second kappa shape index (κ2) is 6.68. The average molecular weight is 288 g/mol. The normalized spacial score (nSPS) is 9.86. The zero-order valence-corrected chi connectivity index (χ0v) is 11.3. The summed E-state index contributed by atoms with van der Waals surface area (Å²) in [6.07, 6.45) is 0.281. The third-order valence-electron chi connectivity index (χ3n) is 2.55. The van der Waals surface area contributed by atoms with Crippen molar-refractivity contribution in [3.8, 4) is 11.8 Å². The number of anilines is 1. The summed E-state index contributed by atoms with van der Waals surface area (Å²) in [6.45, 7) is 1.60. The number of aliphatic hydroxyl groups excluding tert-OH is 1. The first-order valence-electron chi connectivity index (χ1n) is 6.24. The van der Waals surface area contributed by atoms with Crippen LogP contribution in [0.25, 0.3) is 0 Å². The summed E-state index contributed by atoms with van der Waals surface area (Å²) in [5.41, 5.74) is 0.629. The Balaban J connectivity index is 2.10. The standard InChI is InChI=1S/C15H13FN2O3/c1-10-8-14(18-21-10)15(20)17-12-6-5-11(13(16)9-12)4-2-3-7-19/h5-6,8-9,19H,3,7H2,1H3,(H,17,20). The van der Waals surface area contributed by atoms with E-state index in [4.69, 9.17) is 9.63 Å². The molecule has 108 valence electrons. The smallest absolute Gasteiger partial charge is 0.277 e. The van der Waals surface area contributed by atoms with Crippen LogP contribution in [0, 0.1) is 24.6 Å². The fourth-order valence-electron chi connectivity index (χ4n) is 1.58. The van der Waals surface area contributed by atoms with E-state index in [-0.39, 0.29) is 24.3 Å². The Bertz CT molecular complexity index is 713. The van der Waals surface area contributed by atoms with Crippen molar-refractivity contribution < 1.29 is 18.8 Å². The molecule has 2 N–H and O–H groups in total. The van der Waals surface area contributed by atoms with Crippen LogP contribution in [0.15, 0.2) is 28.8 Å². The Morgan fingerprint density at radius 1 is 1.48 bits per heavy atom. The molecule has 6 heteroatoms. The minimum absolute atomic E-state index is 0.0696. The van der Waals surface area contributed by atoms with Gasteiger partial charge in [0.25, 0.3) is 5.91 Å². The van der Waals surface area contributed by atoms with Crippen LogP contribution in [0.1, 0.15) is 28.2 Å². The Morgan fingerprint density at radius 2 is 2.29 bits per heavy atom. The van der Waals surface area contributed by atoms with Crippen molar-refractivity contribution in [3.63, 3.8) is 0 Å². The van der Waals surface area contributed by atoms with Crippen LogP contribution in [0.3, 0.4) is 0 Å². The summed E-state index contributed by atoms with van der Waals surface area (Å²) in [4.78, 5) is 11.8. The fourth-order valence-corrected chi connectivity index (χ4v) is 1.58. The zero-order valence-electron chi connectivity index (χ0n) is 11.3. The molecule has 21 heavy (non-hydrogen) atoms. The number of nitrogens with one attached hydrogen (secondary N) is 1. The highest BCUT2D eigenvalue weighted by Crippen LogP contribution is 2.15. The molecule has 1 amide bonds. The van der Waals surface area contributed by atoms with Gasteiger partial charge in [0.2, 0.25) is 0 Å². The molecule has 5 nitrogen and oxygen atoms in total. The molecule has 0 radical (unpaired) electrons. The Morgan fingerprint density at radius 3 is 2.90 bits per heavy atom. The van der Waals surface area contributed by atoms with Gasteiger partial charge >= 0.3 is 0 Å². The number of hydrogen-bond donors (Lipinski definition) is 2. The molecule has 0 saturated heterocycles. The lowest BCUT2D eigenvalue weighted by molar-refractivity contribution is 0.101. The quantitative estimate of drug-likeness (QED) is 0.848. The van der Waals surface area contributed by atoms with Crippen molar-refractivity contribution in [2.45, 2.75) is 13.3 Å². The van der Waals surface area contributed by atoms with Crippen LogP contribution in [0.4, 0.5) is 10.1 Å². The van der Waals surface area contributed by atoms with Gasteiger partial charge in [-0.3, -0.25) is 4.79 Å². The number of aromatic nitrogens is 1. The number of amides is 1. The van der Waals surface area contributed by atoms with Gasteiger partial charge in [-0.2, -0.15) is 0 Å². The van der Waals surface area contributed by atoms with E-state index in [1.165, 1.54) is 24.3 Å². The first kappa shape index (κ1) is 14.8. The summed E-state index contributed by atoms with van der Waals surface area (Å²) < 4.78 is 18.6. The lowest BCUT2D eigenvalue weighted by Gasteiger charge is -2.03. The molecule has 1 aromatic heterocycles. The molecule has 0 bridgehead atoms. The molecule has 0 fully saturated rings. The number of halogens is 1. The SMILES string of the molecule is Cc1cc(C(=O)Nc2ccc(C#CCCO)c(F)c2)no1. The fraction of sp³-hybridized carbons (Fsp3) is 0.200. The van der Waals surface area contributed by atoms with Crippen molar-refractivity contribution in [2.24, 2.45) is 0 Å². The molecule has 0 aliphatic heterocycles. The van der Waals surface area contributed by atoms with E-state index in [1.54, 1.807) is 6.92 Å². The predicted molar refractivity (Wildman–Crippen MR) is 74.2 cm³/mol. The van der Waals surface area contributed by atoms with Crippen molar-refractivity contribution in [1.29, 1.82) is 0 Å². The monoisotopic (exact) mass is 288 g/mol. The number of hydrogen-bond acceptors (Lipinski definition) is 4. The van der Waals surface area contributed by atoms with Crippen molar-refractivity contribution in [2.75, 3.05) is 11.9 Å². The highest BCUT2D eigenvalue weighted by Gasteiger charge is 2.11. The molecule has 2 rings (SSSR count). The lowest BCUT2D eigenvalue weighted by Crippen LogP contribution is -2.12. The third kappa shape index (κ3) is 3.91. The molecule has 0 unspecified atom stereocenters. The molecule has 0 spiro atoms. The first-order valence-corrected chi connectivity index (χ1v) is 6.24. The highest BCUT2D eigenvalue weighted by atomic mass is 19.1. The van der Waals surface area contributed by atoms with Gasteiger partial charge < -0.3 is 14.9 Å². The maximum atomic E-state index is 13.8. The highest BCUT2D eigenvalue weighted by molar-refractivity contribution is 6.02. The van der Waals surface area contributed by atoms with Gasteiger partial charge in [-0.15, -0.1) is 0 Å². The van der Waals surface area contributed by atoms with Gasteiger partial charge in [0.05, 0.1) is 12.2 Å². The number of aliphatic hydroxyl groups is 1. The van der Waals surface area contributed by atoms with Crippen LogP contribution < -0.4 is 5.32 Å². The van der Waals surface area contributed by atoms with E-state index >= 15 is 0 Å². The predicted octanol–water partition coefficient (Wildman–Crippen LogP) is 2.11. The Hall–Kier alpha value is -2.65. The van der Waals surface area contributed by atoms with Gasteiger partial charge in [0.1, 0.15) is 11.6 Å². The largest absolute Gasteiger partial charge is 0.395 e. The number of benzene rings is 1. The molecule has 0 aliphatic carbocycles. The number of rotatable bonds is 3. The Labute approximate surface area is 120 Å². The number of carbonyl (C=O) groups excluding carboxylic acids is 1. The number of aryl methyl sites for hydroxylation is 1. The summed E-state index contributed by atoms with van der Waals surface area (Å²) in [5.74, 6) is 4.72. The zero-order chi connectivity index (χ0) is 15.2. The molecule has 0 aliphatic rings. The van der Waals surface area contributed by atoms with Crippen molar-refractivity contribution in [1.82, 2.24) is 5.16 Å². The van der Waals surface area contributed by atoms with Gasteiger partial charge in [-0.1, -0.05) is 17.0 Å². The molecular formula is C15H13FN2O3. The number of carbonyl (C=O) groups is 1. The molecule has 2 aromatic rings. The van der Waals surface area contributed by atoms with Crippen LogP contribution in [0.2, 0.25) is 0 Å². The summed E-state index contributed by atoms with van der Waals surface area (Å²) >= 11 is 0. The molecule has 0 saturated carbocycles. The van der Waals surface area contributed by atoms with Gasteiger partial charge in [0, 0.05) is 18.2 Å². The van der Waals surface area contributed by atoms with Crippen molar-refractivity contribution in [3.05, 3.63) is 47.1 Å². The van der Waals surface area contributed by atoms with E-state index in [1.807, 2.05) is 0 Å². The minimum atomic E-state index is -0.547. The van der Waals surface area contributed by atoms with E-state index in [2.05, 4.69) is 22.3 Å². The van der Waals surface area contributed by atoms with Gasteiger partial charge in [-0.25, -0.2) is 4.39 Å². The van der Waals surface area contributed by atoms with E-state index in [9.17, 15) is 9.18 Å². The lowest BCUT2D eigenvalue weighted by atomic mass is 10.2. The topological polar surface area (TPSA) is 75.4 Å². The molecule has 1 heterocycles. The van der Waals surface area contributed by atoms with E-state index in [0.29, 0.717) is 11.4 Å². The van der Waals surface area contributed by atoms with Crippen LogP contribution in [0.5, 0.6) is 0 Å². The first-order chi connectivity index (χ1) is 10.1. The molecule has 0 atom stereocenters. The third-order valence-corrected chi connectivity index (χ3v) is 2.55. The van der Waals surface area contributed by atoms with E-state index in [0.717, 1.165) is 0 Å². The van der Waals surface area contributed by atoms with Crippen LogP contribution in [-0.4, -0.2) is 22.8 Å². The second-order valence-corrected chi connectivity index (χ2v) is 4.25. The average Bonchev–Trinajstić information content (AvgIpc) is 2.88. The van der Waals surface area contributed by atoms with Crippen LogP contribution in [-0.2, 0) is 0 Å². The summed E-state index contributed by atoms with van der Waals surface area (Å²) in [6, 6.07) is 5.66.